The highest BCUT2D eigenvalue weighted by Gasteiger charge is 2.36. The Balaban J connectivity index is 2.37. The van der Waals surface area contributed by atoms with Gasteiger partial charge in [-0.1, -0.05) is 26.0 Å². The lowest BCUT2D eigenvalue weighted by Crippen LogP contribution is -2.31. The normalized spacial score (nSPS) is 17.8. The highest BCUT2D eigenvalue weighted by Crippen LogP contribution is 2.34. The van der Waals surface area contributed by atoms with Gasteiger partial charge in [0, 0.05) is 24.2 Å². The van der Waals surface area contributed by atoms with Crippen molar-refractivity contribution < 1.29 is 4.79 Å². The molecule has 4 nitrogen and oxygen atoms in total. The SMILES string of the molecule is CC(C)CN1C(=O)c2ccc(CN(C)C)cc2C1C#N. The van der Waals surface area contributed by atoms with Crippen LogP contribution >= 0.6 is 0 Å². The zero-order valence-corrected chi connectivity index (χ0v) is 12.6. The fourth-order valence-corrected chi connectivity index (χ4v) is 2.66. The van der Waals surface area contributed by atoms with Gasteiger partial charge in [0.15, 0.2) is 0 Å². The molecule has 0 fully saturated rings. The second kappa shape index (κ2) is 5.64. The Bertz CT molecular complexity index is 557. The minimum atomic E-state index is -0.443. The van der Waals surface area contributed by atoms with E-state index in [0.29, 0.717) is 18.0 Å². The molecule has 0 bridgehead atoms. The standard InChI is InChI=1S/C16H21N3O/c1-11(2)9-19-15(8-17)14-7-12(10-18(3)4)5-6-13(14)16(19)20/h5-7,11,15H,9-10H2,1-4H3. The maximum atomic E-state index is 12.4. The average Bonchev–Trinajstić information content (AvgIpc) is 2.61. The lowest BCUT2D eigenvalue weighted by molar-refractivity contribution is 0.0737. The van der Waals surface area contributed by atoms with Gasteiger partial charge >= 0.3 is 0 Å². The minimum Gasteiger partial charge on any atom is -0.318 e. The van der Waals surface area contributed by atoms with E-state index in [9.17, 15) is 10.1 Å². The molecule has 2 rings (SSSR count). The van der Waals surface area contributed by atoms with Crippen molar-refractivity contribution >= 4 is 5.91 Å². The third kappa shape index (κ3) is 2.68. The Kier molecular flexibility index (Phi) is 4.10. The van der Waals surface area contributed by atoms with E-state index >= 15 is 0 Å². The van der Waals surface area contributed by atoms with Crippen LogP contribution in [0.15, 0.2) is 18.2 Å². The molecule has 1 aromatic carbocycles. The Labute approximate surface area is 120 Å². The van der Waals surface area contributed by atoms with Crippen molar-refractivity contribution in [3.63, 3.8) is 0 Å². The van der Waals surface area contributed by atoms with Crippen molar-refractivity contribution in [1.29, 1.82) is 5.26 Å². The zero-order chi connectivity index (χ0) is 14.9. The van der Waals surface area contributed by atoms with Crippen LogP contribution in [0, 0.1) is 17.2 Å². The van der Waals surface area contributed by atoms with Gasteiger partial charge in [0.2, 0.25) is 0 Å². The Morgan fingerprint density at radius 1 is 1.40 bits per heavy atom. The molecule has 20 heavy (non-hydrogen) atoms. The van der Waals surface area contributed by atoms with Gasteiger partial charge in [0.25, 0.3) is 5.91 Å². The monoisotopic (exact) mass is 271 g/mol. The molecule has 0 saturated heterocycles. The van der Waals surface area contributed by atoms with Crippen molar-refractivity contribution in [3.8, 4) is 6.07 Å². The highest BCUT2D eigenvalue weighted by molar-refractivity contribution is 5.99. The molecule has 4 heteroatoms. The number of rotatable bonds is 4. The number of nitriles is 1. The summed E-state index contributed by atoms with van der Waals surface area (Å²) in [4.78, 5) is 16.2. The number of amides is 1. The van der Waals surface area contributed by atoms with E-state index in [2.05, 4.69) is 24.8 Å². The Morgan fingerprint density at radius 3 is 2.65 bits per heavy atom. The molecule has 1 unspecified atom stereocenters. The fraction of sp³-hybridized carbons (Fsp3) is 0.500. The van der Waals surface area contributed by atoms with Gasteiger partial charge in [-0.2, -0.15) is 5.26 Å². The molecule has 1 heterocycles. The van der Waals surface area contributed by atoms with Crippen LogP contribution in [0.1, 0.15) is 41.4 Å². The summed E-state index contributed by atoms with van der Waals surface area (Å²) in [6.45, 7) is 5.54. The third-order valence-electron chi connectivity index (χ3n) is 3.40. The third-order valence-corrected chi connectivity index (χ3v) is 3.40. The van der Waals surface area contributed by atoms with Crippen molar-refractivity contribution in [2.24, 2.45) is 5.92 Å². The van der Waals surface area contributed by atoms with Gasteiger partial charge in [-0.15, -0.1) is 0 Å². The first-order valence-electron chi connectivity index (χ1n) is 6.92. The molecule has 106 valence electrons. The van der Waals surface area contributed by atoms with Crippen LogP contribution in [0.2, 0.25) is 0 Å². The first-order valence-corrected chi connectivity index (χ1v) is 6.92. The number of benzene rings is 1. The van der Waals surface area contributed by atoms with E-state index < -0.39 is 6.04 Å². The van der Waals surface area contributed by atoms with Gasteiger partial charge < -0.3 is 9.80 Å². The number of nitrogens with zero attached hydrogens (tertiary/aromatic N) is 3. The summed E-state index contributed by atoms with van der Waals surface area (Å²) >= 11 is 0. The summed E-state index contributed by atoms with van der Waals surface area (Å²) in [6.07, 6.45) is 0. The van der Waals surface area contributed by atoms with Gasteiger partial charge in [-0.25, -0.2) is 0 Å². The highest BCUT2D eigenvalue weighted by atomic mass is 16.2. The predicted octanol–water partition coefficient (Wildman–Crippen LogP) is 2.42. The van der Waals surface area contributed by atoms with Gasteiger partial charge in [-0.05, 0) is 31.6 Å². The van der Waals surface area contributed by atoms with Crippen LogP contribution in [0.4, 0.5) is 0 Å². The van der Waals surface area contributed by atoms with Crippen molar-refractivity contribution in [2.75, 3.05) is 20.6 Å². The molecule has 1 aromatic rings. The van der Waals surface area contributed by atoms with E-state index in [0.717, 1.165) is 17.7 Å². The summed E-state index contributed by atoms with van der Waals surface area (Å²) in [6, 6.07) is 7.68. The predicted molar refractivity (Wildman–Crippen MR) is 78.1 cm³/mol. The molecular formula is C16H21N3O. The van der Waals surface area contributed by atoms with Crippen molar-refractivity contribution in [1.82, 2.24) is 9.80 Å². The van der Waals surface area contributed by atoms with Gasteiger partial charge in [0.05, 0.1) is 6.07 Å². The molecule has 1 amide bonds. The Hall–Kier alpha value is -1.86. The number of hydrogen-bond donors (Lipinski definition) is 0. The average molecular weight is 271 g/mol. The molecule has 1 atom stereocenters. The van der Waals surface area contributed by atoms with Gasteiger partial charge in [-0.3, -0.25) is 4.79 Å². The molecule has 0 N–H and O–H groups in total. The van der Waals surface area contributed by atoms with E-state index in [-0.39, 0.29) is 5.91 Å². The van der Waals surface area contributed by atoms with Crippen LogP contribution in [-0.4, -0.2) is 36.3 Å². The first kappa shape index (κ1) is 14.5. The summed E-state index contributed by atoms with van der Waals surface area (Å²) in [7, 11) is 4.01. The molecule has 0 radical (unpaired) electrons. The summed E-state index contributed by atoms with van der Waals surface area (Å²) in [5.74, 6) is 0.335. The molecule has 0 spiro atoms. The molecule has 1 aliphatic heterocycles. The number of carbonyl (C=O) groups excluding carboxylic acids is 1. The molecule has 1 aliphatic rings. The maximum absolute atomic E-state index is 12.4. The summed E-state index contributed by atoms with van der Waals surface area (Å²) in [5.41, 5.74) is 2.67. The topological polar surface area (TPSA) is 47.3 Å². The summed E-state index contributed by atoms with van der Waals surface area (Å²) in [5, 5.41) is 9.43. The minimum absolute atomic E-state index is 0.0170. The van der Waals surface area contributed by atoms with E-state index in [4.69, 9.17) is 0 Å². The van der Waals surface area contributed by atoms with E-state index in [1.807, 2.05) is 32.3 Å². The fourth-order valence-electron chi connectivity index (χ4n) is 2.66. The lowest BCUT2D eigenvalue weighted by atomic mass is 10.0. The molecule has 0 aromatic heterocycles. The molecular weight excluding hydrogens is 250 g/mol. The number of carbonyl (C=O) groups is 1. The van der Waals surface area contributed by atoms with Crippen LogP contribution in [0.5, 0.6) is 0 Å². The second-order valence-corrected chi connectivity index (χ2v) is 6.04. The lowest BCUT2D eigenvalue weighted by Gasteiger charge is -2.22. The van der Waals surface area contributed by atoms with Crippen LogP contribution in [-0.2, 0) is 6.54 Å². The van der Waals surface area contributed by atoms with Crippen molar-refractivity contribution in [3.05, 3.63) is 34.9 Å². The Morgan fingerprint density at radius 2 is 2.10 bits per heavy atom. The summed E-state index contributed by atoms with van der Waals surface area (Å²) < 4.78 is 0. The van der Waals surface area contributed by atoms with Crippen molar-refractivity contribution in [2.45, 2.75) is 26.4 Å². The maximum Gasteiger partial charge on any atom is 0.255 e. The van der Waals surface area contributed by atoms with Gasteiger partial charge in [0.1, 0.15) is 6.04 Å². The quantitative estimate of drug-likeness (QED) is 0.845. The van der Waals surface area contributed by atoms with Crippen LogP contribution in [0.25, 0.3) is 0 Å². The van der Waals surface area contributed by atoms with E-state index in [1.54, 1.807) is 4.90 Å². The van der Waals surface area contributed by atoms with Crippen LogP contribution in [0.3, 0.4) is 0 Å². The van der Waals surface area contributed by atoms with E-state index in [1.165, 1.54) is 0 Å². The first-order chi connectivity index (χ1) is 9.43. The number of hydrogen-bond acceptors (Lipinski definition) is 3. The molecule has 0 aliphatic carbocycles. The largest absolute Gasteiger partial charge is 0.318 e. The second-order valence-electron chi connectivity index (χ2n) is 6.04. The smallest absolute Gasteiger partial charge is 0.255 e. The molecule has 0 saturated carbocycles. The zero-order valence-electron chi connectivity index (χ0n) is 12.6. The number of fused-ring (bicyclic) bond motifs is 1. The van der Waals surface area contributed by atoms with Crippen LogP contribution < -0.4 is 0 Å².